The Kier molecular flexibility index (Phi) is 3660. The first kappa shape index (κ1) is 260. The van der Waals surface area contributed by atoms with Gasteiger partial charge in [0, 0.05) is 22.5 Å². The third-order valence-corrected chi connectivity index (χ3v) is 0. The first-order chi connectivity index (χ1) is 1.41. The van der Waals surface area contributed by atoms with Gasteiger partial charge in [-0.3, -0.25) is 0 Å². The summed E-state index contributed by atoms with van der Waals surface area (Å²) in [6.07, 6.45) is 0. The molecule has 0 nitrogen and oxygen atoms in total. The van der Waals surface area contributed by atoms with Crippen LogP contribution in [0.25, 0.3) is 0 Å². The second kappa shape index (κ2) is 296. The average molecular weight is 421 g/mol. The molecule has 0 aromatic rings. The summed E-state index contributed by atoms with van der Waals surface area (Å²) in [4.78, 5) is 0. The van der Waals surface area contributed by atoms with Gasteiger partial charge >= 0.3 is 206 Å². The molecule has 0 saturated heterocycles. The van der Waals surface area contributed by atoms with Gasteiger partial charge in [0.25, 0.3) is 0 Å². The third-order valence-electron chi connectivity index (χ3n) is 0. The Morgan fingerprint density at radius 2 is 0.333 bits per heavy atom. The van der Waals surface area contributed by atoms with Gasteiger partial charge in [-0.05, 0) is 0 Å². The van der Waals surface area contributed by atoms with Gasteiger partial charge < -0.3 is 5.71 Å². The summed E-state index contributed by atoms with van der Waals surface area (Å²) in [5, 5.41) is 0. The standard InChI is InChI=1S/14CH4.B3.4K.4H/c;;;;;;;;;;;;;;1-3-2;;;;;;;;/h14*1H4;;;;;;;;;/q;;;;;;;;;;;;;;;4*+1;4*-1/i;;;;;;;;;;;;;;;;;;;4*1+1. The quantitative estimate of drug-likeness (QED) is 0.353. The van der Waals surface area contributed by atoms with Crippen LogP contribution < -0.4 is 206 Å². The van der Waals surface area contributed by atoms with Crippen LogP contribution in [0.5, 0.6) is 0 Å². The van der Waals surface area contributed by atoms with Crippen LogP contribution in [0.4, 0.5) is 0 Å². The maximum absolute atomic E-state index is 4.50. The predicted molar refractivity (Wildman–Crippen MR) is 116 cm³/mol. The Hall–Kier alpha value is 6.74. The van der Waals surface area contributed by atoms with E-state index in [1.54, 1.807) is 0 Å². The maximum Gasteiger partial charge on any atom is 1.00 e. The summed E-state index contributed by atoms with van der Waals surface area (Å²) in [6.45, 7) is 0. The molecule has 0 aromatic heterocycles. The fourth-order valence-electron chi connectivity index (χ4n) is 0. The molecule has 129 valence electrons. The molecule has 0 heterocycles. The van der Waals surface area contributed by atoms with Crippen LogP contribution in [0.15, 0.2) is 0 Å². The molecular formula is C14H60B3K4. The zero-order chi connectivity index (χ0) is 2.71. The van der Waals surface area contributed by atoms with Crippen LogP contribution >= 0.6 is 0 Å². The molecule has 0 unspecified atom stereocenters. The summed E-state index contributed by atoms with van der Waals surface area (Å²) in [5.41, 5.74) is 0. The predicted octanol–water partition coefficient (Wildman–Crippen LogP) is -3.77. The first-order valence-electron chi connectivity index (χ1n) is 0.667. The molecular weight excluding hydrogens is 357 g/mol. The van der Waals surface area contributed by atoms with Crippen molar-refractivity contribution in [1.29, 1.82) is 0 Å². The van der Waals surface area contributed by atoms with Crippen molar-refractivity contribution in [2.24, 2.45) is 0 Å². The molecule has 5 radical (unpaired) electrons. The van der Waals surface area contributed by atoms with Crippen molar-refractivity contribution in [2.45, 2.75) is 104 Å². The van der Waals surface area contributed by atoms with Crippen molar-refractivity contribution in [1.82, 2.24) is 0 Å². The summed E-state index contributed by atoms with van der Waals surface area (Å²) in [7, 11) is 10.0. The van der Waals surface area contributed by atoms with Gasteiger partial charge in [-0.1, -0.05) is 104 Å². The smallest absolute Gasteiger partial charge is 1.00 e. The van der Waals surface area contributed by atoms with E-state index in [4.69, 9.17) is 0 Å². The van der Waals surface area contributed by atoms with Crippen LogP contribution in [-0.4, -0.2) is 22.5 Å². The number of hydrogen-bond acceptors (Lipinski definition) is 0. The van der Waals surface area contributed by atoms with Gasteiger partial charge in [0.2, 0.25) is 0 Å². The van der Waals surface area contributed by atoms with Crippen molar-refractivity contribution in [2.75, 3.05) is 0 Å². The Morgan fingerprint density at radius 3 is 0.333 bits per heavy atom. The van der Waals surface area contributed by atoms with Crippen molar-refractivity contribution < 1.29 is 211 Å². The molecule has 0 saturated carbocycles. The van der Waals surface area contributed by atoms with Gasteiger partial charge in [0.15, 0.2) is 0 Å². The van der Waals surface area contributed by atoms with Crippen molar-refractivity contribution >= 4 is 22.5 Å². The van der Waals surface area contributed by atoms with Crippen LogP contribution in [0.2, 0.25) is 0 Å². The molecule has 21 heavy (non-hydrogen) atoms. The monoisotopic (exact) mass is 421 g/mol. The molecule has 0 spiro atoms. The minimum absolute atomic E-state index is 0. The molecule has 0 rings (SSSR count). The fraction of sp³-hybridized carbons (Fsp3) is 1.00. The van der Waals surface area contributed by atoms with Crippen molar-refractivity contribution in [3.05, 3.63) is 0 Å². The zero-order valence-corrected chi connectivity index (χ0v) is 18.2. The molecule has 0 atom stereocenters. The molecule has 0 aromatic carbocycles. The number of rotatable bonds is 0. The molecule has 0 fully saturated rings. The van der Waals surface area contributed by atoms with E-state index in [1.807, 2.05) is 0 Å². The number of hydrogen-bond donors (Lipinski definition) is 0. The summed E-state index contributed by atoms with van der Waals surface area (Å²) < 4.78 is 0. The Balaban J connectivity index is -0.0000000000866. The minimum atomic E-state index is 0. The third kappa shape index (κ3) is 360. The summed E-state index contributed by atoms with van der Waals surface area (Å²) in [6, 6.07) is 0. The van der Waals surface area contributed by atoms with Gasteiger partial charge in [0.05, 0.1) is 0 Å². The molecule has 0 amide bonds. The first-order valence-corrected chi connectivity index (χ1v) is 0.667. The van der Waals surface area contributed by atoms with E-state index >= 15 is 0 Å². The Morgan fingerprint density at radius 1 is 0.333 bits per heavy atom. The van der Waals surface area contributed by atoms with Gasteiger partial charge in [-0.2, -0.15) is 0 Å². The van der Waals surface area contributed by atoms with Gasteiger partial charge in [-0.15, -0.1) is 0 Å². The fourth-order valence-corrected chi connectivity index (χ4v) is 0. The molecule has 7 heteroatoms. The van der Waals surface area contributed by atoms with E-state index in [0.29, 0.717) is 0 Å². The van der Waals surface area contributed by atoms with Gasteiger partial charge in [-0.25, -0.2) is 0 Å². The second-order valence-corrected chi connectivity index (χ2v) is 0.192. The molecule has 0 bridgehead atoms. The van der Waals surface area contributed by atoms with E-state index in [9.17, 15) is 0 Å². The summed E-state index contributed by atoms with van der Waals surface area (Å²) in [5.74, 6) is 0. The van der Waals surface area contributed by atoms with E-state index < -0.39 is 0 Å². The SMILES string of the molecule is C.C.C.C.C.C.C.C.C.C.C.C.C.C.[2H-].[2H-].[2H-].[2H-].[B][B][B].[K+].[K+].[K+].[K+]. The topological polar surface area (TPSA) is 0 Å². The van der Waals surface area contributed by atoms with Crippen LogP contribution in [0.1, 0.15) is 110 Å². The summed E-state index contributed by atoms with van der Waals surface area (Å²) >= 11 is 0. The largest absolute Gasteiger partial charge is 1.00 e. The van der Waals surface area contributed by atoms with Crippen LogP contribution in [0, 0.1) is 0 Å². The van der Waals surface area contributed by atoms with E-state index in [1.165, 1.54) is 0 Å². The van der Waals surface area contributed by atoms with Crippen LogP contribution in [-0.2, 0) is 0 Å². The normalized spacial score (nSPS) is 0.571. The Bertz CT molecular complexity index is 42.0. The molecule has 0 aliphatic carbocycles. The van der Waals surface area contributed by atoms with Crippen LogP contribution in [0.3, 0.4) is 0 Å². The second-order valence-electron chi connectivity index (χ2n) is 0.192. The zero-order valence-electron chi connectivity index (χ0n) is 9.73. The maximum atomic E-state index is 4.50. The molecule has 0 aliphatic heterocycles. The van der Waals surface area contributed by atoms with Crippen molar-refractivity contribution in [3.8, 4) is 0 Å². The Labute approximate surface area is 328 Å². The van der Waals surface area contributed by atoms with E-state index in [2.05, 4.69) is 15.5 Å². The molecule has 0 N–H and O–H groups in total. The van der Waals surface area contributed by atoms with Crippen molar-refractivity contribution in [3.63, 3.8) is 0 Å². The average Bonchev–Trinajstić information content (AvgIpc) is 0.918. The van der Waals surface area contributed by atoms with E-state index in [-0.39, 0.29) is 315 Å². The minimum Gasteiger partial charge on any atom is -1.00 e. The molecule has 0 aliphatic rings. The van der Waals surface area contributed by atoms with Gasteiger partial charge in [0.1, 0.15) is 0 Å². The van der Waals surface area contributed by atoms with E-state index in [0.717, 1.165) is 7.06 Å².